The van der Waals surface area contributed by atoms with Crippen LogP contribution in [0.1, 0.15) is 41.8 Å². The van der Waals surface area contributed by atoms with E-state index in [0.29, 0.717) is 23.1 Å². The highest BCUT2D eigenvalue weighted by atomic mass is 16.3. The fraction of sp³-hybridized carbons (Fsp3) is 0.417. The highest BCUT2D eigenvalue weighted by Crippen LogP contribution is 2.28. The molecule has 0 saturated carbocycles. The number of furan rings is 1. The van der Waals surface area contributed by atoms with Crippen LogP contribution in [0.3, 0.4) is 0 Å². The zero-order valence-corrected chi connectivity index (χ0v) is 17.5. The number of carbonyl (C=O) groups excluding carboxylic acids is 1. The summed E-state index contributed by atoms with van der Waals surface area (Å²) in [5, 5.41) is 4.73. The molecule has 2 aliphatic rings. The summed E-state index contributed by atoms with van der Waals surface area (Å²) in [6, 6.07) is 14.3. The van der Waals surface area contributed by atoms with E-state index in [-0.39, 0.29) is 5.91 Å². The Hall–Kier alpha value is -2.86. The molecular formula is C24H28N4O2. The molecule has 2 aliphatic heterocycles. The van der Waals surface area contributed by atoms with Gasteiger partial charge in [-0.3, -0.25) is 4.79 Å². The summed E-state index contributed by atoms with van der Waals surface area (Å²) in [6.45, 7) is 5.93. The average molecular weight is 405 g/mol. The van der Waals surface area contributed by atoms with Gasteiger partial charge in [-0.25, -0.2) is 4.68 Å². The number of likely N-dealkylation sites (tertiary alicyclic amines) is 2. The second-order valence-corrected chi connectivity index (χ2v) is 8.35. The molecule has 0 radical (unpaired) electrons. The van der Waals surface area contributed by atoms with Crippen molar-refractivity contribution in [1.29, 1.82) is 0 Å². The van der Waals surface area contributed by atoms with Gasteiger partial charge in [-0.1, -0.05) is 18.2 Å². The fourth-order valence-corrected chi connectivity index (χ4v) is 4.70. The standard InChI is InChI=1S/C24H28N4O2/c1-18-9-10-22(30-18)23-21(17-28(25-23)20-7-3-2-4-8-20)24(29)27-15-11-19(12-16-27)26-13-5-6-14-26/h2-4,7-10,17,19H,5-6,11-16H2,1H3. The molecule has 0 unspecified atom stereocenters. The number of carbonyl (C=O) groups is 1. The Bertz CT molecular complexity index is 1010. The van der Waals surface area contributed by atoms with Crippen LogP contribution in [0.15, 0.2) is 53.1 Å². The van der Waals surface area contributed by atoms with Gasteiger partial charge in [-0.2, -0.15) is 5.10 Å². The van der Waals surface area contributed by atoms with E-state index in [4.69, 9.17) is 9.52 Å². The van der Waals surface area contributed by atoms with Crippen molar-refractivity contribution in [3.05, 3.63) is 60.0 Å². The Morgan fingerprint density at radius 2 is 1.73 bits per heavy atom. The third-order valence-electron chi connectivity index (χ3n) is 6.35. The summed E-state index contributed by atoms with van der Waals surface area (Å²) in [5.41, 5.74) is 2.14. The number of hydrogen-bond acceptors (Lipinski definition) is 4. The lowest BCUT2D eigenvalue weighted by Crippen LogP contribution is -2.45. The van der Waals surface area contributed by atoms with Crippen LogP contribution in [0, 0.1) is 6.92 Å². The third-order valence-corrected chi connectivity index (χ3v) is 6.35. The summed E-state index contributed by atoms with van der Waals surface area (Å²) < 4.78 is 7.60. The number of benzene rings is 1. The number of para-hydroxylation sites is 1. The molecule has 0 N–H and O–H groups in total. The van der Waals surface area contributed by atoms with Crippen LogP contribution in [0.4, 0.5) is 0 Å². The maximum atomic E-state index is 13.5. The fourth-order valence-electron chi connectivity index (χ4n) is 4.70. The van der Waals surface area contributed by atoms with E-state index < -0.39 is 0 Å². The van der Waals surface area contributed by atoms with Crippen molar-refractivity contribution in [3.63, 3.8) is 0 Å². The van der Waals surface area contributed by atoms with Crippen LogP contribution in [0.2, 0.25) is 0 Å². The number of hydrogen-bond donors (Lipinski definition) is 0. The normalized spacial score (nSPS) is 18.2. The molecule has 0 bridgehead atoms. The van der Waals surface area contributed by atoms with Gasteiger partial charge in [0, 0.05) is 25.3 Å². The lowest BCUT2D eigenvalue weighted by Gasteiger charge is -2.36. The number of amides is 1. The highest BCUT2D eigenvalue weighted by molar-refractivity contribution is 5.99. The van der Waals surface area contributed by atoms with E-state index in [9.17, 15) is 4.79 Å². The molecule has 156 valence electrons. The van der Waals surface area contributed by atoms with E-state index in [2.05, 4.69) is 4.90 Å². The smallest absolute Gasteiger partial charge is 0.257 e. The number of nitrogens with zero attached hydrogens (tertiary/aromatic N) is 4. The summed E-state index contributed by atoms with van der Waals surface area (Å²) in [6.07, 6.45) is 6.56. The number of aromatic nitrogens is 2. The molecule has 0 atom stereocenters. The van der Waals surface area contributed by atoms with Crippen LogP contribution in [0.25, 0.3) is 17.1 Å². The Labute approximate surface area is 177 Å². The van der Waals surface area contributed by atoms with Crippen molar-refractivity contribution in [2.24, 2.45) is 0 Å². The van der Waals surface area contributed by atoms with Gasteiger partial charge in [0.25, 0.3) is 5.91 Å². The molecule has 2 aromatic heterocycles. The number of piperidine rings is 1. The van der Waals surface area contributed by atoms with Crippen molar-refractivity contribution in [2.45, 2.75) is 38.6 Å². The molecule has 6 nitrogen and oxygen atoms in total. The molecule has 1 aromatic carbocycles. The lowest BCUT2D eigenvalue weighted by atomic mass is 10.0. The van der Waals surface area contributed by atoms with Gasteiger partial charge < -0.3 is 14.2 Å². The Balaban J connectivity index is 1.41. The second kappa shape index (κ2) is 8.11. The monoisotopic (exact) mass is 404 g/mol. The van der Waals surface area contributed by atoms with E-state index in [0.717, 1.165) is 37.4 Å². The summed E-state index contributed by atoms with van der Waals surface area (Å²) in [5.74, 6) is 1.49. The topological polar surface area (TPSA) is 54.5 Å². The minimum absolute atomic E-state index is 0.0427. The van der Waals surface area contributed by atoms with Gasteiger partial charge >= 0.3 is 0 Å². The molecule has 0 spiro atoms. The van der Waals surface area contributed by atoms with Crippen molar-refractivity contribution < 1.29 is 9.21 Å². The number of rotatable bonds is 4. The predicted molar refractivity (Wildman–Crippen MR) is 116 cm³/mol. The van der Waals surface area contributed by atoms with Gasteiger partial charge in [-0.05, 0) is 70.0 Å². The molecule has 0 aliphatic carbocycles. The first-order valence-corrected chi connectivity index (χ1v) is 10.9. The molecule has 6 heteroatoms. The lowest BCUT2D eigenvalue weighted by molar-refractivity contribution is 0.0645. The summed E-state index contributed by atoms with van der Waals surface area (Å²) in [7, 11) is 0. The van der Waals surface area contributed by atoms with E-state index in [1.165, 1.54) is 25.9 Å². The Morgan fingerprint density at radius 3 is 2.40 bits per heavy atom. The minimum Gasteiger partial charge on any atom is -0.460 e. The van der Waals surface area contributed by atoms with Crippen LogP contribution >= 0.6 is 0 Å². The first kappa shape index (κ1) is 19.1. The van der Waals surface area contributed by atoms with Crippen LogP contribution in [-0.2, 0) is 0 Å². The molecule has 30 heavy (non-hydrogen) atoms. The predicted octanol–water partition coefficient (Wildman–Crippen LogP) is 4.14. The maximum Gasteiger partial charge on any atom is 0.257 e. The quantitative estimate of drug-likeness (QED) is 0.656. The molecule has 2 saturated heterocycles. The zero-order chi connectivity index (χ0) is 20.5. The van der Waals surface area contributed by atoms with E-state index in [1.807, 2.05) is 60.5 Å². The molecular weight excluding hydrogens is 376 g/mol. The SMILES string of the molecule is Cc1ccc(-c2nn(-c3ccccc3)cc2C(=O)N2CCC(N3CCCC3)CC2)o1. The third kappa shape index (κ3) is 3.67. The van der Waals surface area contributed by atoms with Gasteiger partial charge in [0.2, 0.25) is 0 Å². The van der Waals surface area contributed by atoms with Crippen LogP contribution in [0.5, 0.6) is 0 Å². The summed E-state index contributed by atoms with van der Waals surface area (Å²) in [4.78, 5) is 18.1. The van der Waals surface area contributed by atoms with Gasteiger partial charge in [0.15, 0.2) is 5.76 Å². The number of aryl methyl sites for hydroxylation is 1. The molecule has 5 rings (SSSR count). The van der Waals surface area contributed by atoms with Gasteiger partial charge in [-0.15, -0.1) is 0 Å². The van der Waals surface area contributed by atoms with Crippen molar-refractivity contribution in [2.75, 3.05) is 26.2 Å². The first-order chi connectivity index (χ1) is 14.7. The Morgan fingerprint density at radius 1 is 1.00 bits per heavy atom. The Kier molecular flexibility index (Phi) is 5.17. The molecule has 4 heterocycles. The maximum absolute atomic E-state index is 13.5. The molecule has 2 fully saturated rings. The van der Waals surface area contributed by atoms with Crippen molar-refractivity contribution in [1.82, 2.24) is 19.6 Å². The molecule has 3 aromatic rings. The van der Waals surface area contributed by atoms with Crippen molar-refractivity contribution in [3.8, 4) is 17.1 Å². The second-order valence-electron chi connectivity index (χ2n) is 8.35. The highest BCUT2D eigenvalue weighted by Gasteiger charge is 2.31. The van der Waals surface area contributed by atoms with Crippen LogP contribution in [-0.4, -0.2) is 57.7 Å². The van der Waals surface area contributed by atoms with E-state index >= 15 is 0 Å². The van der Waals surface area contributed by atoms with Gasteiger partial charge in [0.05, 0.1) is 11.3 Å². The van der Waals surface area contributed by atoms with Crippen LogP contribution < -0.4 is 0 Å². The minimum atomic E-state index is 0.0427. The summed E-state index contributed by atoms with van der Waals surface area (Å²) >= 11 is 0. The first-order valence-electron chi connectivity index (χ1n) is 10.9. The molecule has 1 amide bonds. The largest absolute Gasteiger partial charge is 0.460 e. The van der Waals surface area contributed by atoms with Crippen molar-refractivity contribution >= 4 is 5.91 Å². The van der Waals surface area contributed by atoms with E-state index in [1.54, 1.807) is 4.68 Å². The average Bonchev–Trinajstić information content (AvgIpc) is 3.54. The van der Waals surface area contributed by atoms with Gasteiger partial charge in [0.1, 0.15) is 11.5 Å². The zero-order valence-electron chi connectivity index (χ0n) is 17.5.